The van der Waals surface area contributed by atoms with Gasteiger partial charge in [-0.1, -0.05) is 41.4 Å². The van der Waals surface area contributed by atoms with Crippen LogP contribution in [0.2, 0.25) is 10.0 Å². The van der Waals surface area contributed by atoms with Crippen molar-refractivity contribution in [3.05, 3.63) is 43.3 Å². The van der Waals surface area contributed by atoms with Crippen molar-refractivity contribution in [2.24, 2.45) is 5.73 Å². The van der Waals surface area contributed by atoms with Crippen LogP contribution in [0, 0.1) is 0 Å². The van der Waals surface area contributed by atoms with E-state index in [1.54, 1.807) is 6.07 Å². The smallest absolute Gasteiger partial charge is 0.0640 e. The van der Waals surface area contributed by atoms with Crippen molar-refractivity contribution in [2.45, 2.75) is 12.5 Å². The Morgan fingerprint density at radius 1 is 1.40 bits per heavy atom. The third kappa shape index (κ3) is 4.08. The summed E-state index contributed by atoms with van der Waals surface area (Å²) in [6, 6.07) is 5.32. The summed E-state index contributed by atoms with van der Waals surface area (Å²) >= 11 is 18.5. The van der Waals surface area contributed by atoms with Crippen molar-refractivity contribution >= 4 is 55.1 Å². The Morgan fingerprint density at radius 2 is 2.07 bits per heavy atom. The van der Waals surface area contributed by atoms with Crippen LogP contribution in [-0.4, -0.2) is 0 Å². The standard InChI is InChI=1S/C10H9Br2Cl2N/c11-9(12)5-4-8(15)6-2-1-3-7(13)10(6)14/h1-3,5,8H,4,15H2. The molecule has 1 nitrogen and oxygen atoms in total. The molecule has 1 atom stereocenters. The van der Waals surface area contributed by atoms with Crippen molar-refractivity contribution in [3.8, 4) is 0 Å². The summed E-state index contributed by atoms with van der Waals surface area (Å²) in [5, 5.41) is 1.07. The molecule has 0 aromatic heterocycles. The van der Waals surface area contributed by atoms with Gasteiger partial charge in [0, 0.05) is 6.04 Å². The number of halogens is 4. The normalized spacial score (nSPS) is 12.3. The summed E-state index contributed by atoms with van der Waals surface area (Å²) in [6.07, 6.45) is 2.62. The highest BCUT2D eigenvalue weighted by Gasteiger charge is 2.10. The zero-order valence-electron chi connectivity index (χ0n) is 7.68. The highest BCUT2D eigenvalue weighted by molar-refractivity contribution is 9.28. The monoisotopic (exact) mass is 371 g/mol. The fourth-order valence-electron chi connectivity index (χ4n) is 1.15. The summed E-state index contributed by atoms with van der Waals surface area (Å²) in [7, 11) is 0. The van der Waals surface area contributed by atoms with Gasteiger partial charge < -0.3 is 5.73 Å². The third-order valence-electron chi connectivity index (χ3n) is 1.91. The molecule has 1 unspecified atom stereocenters. The van der Waals surface area contributed by atoms with Crippen LogP contribution in [0.3, 0.4) is 0 Å². The SMILES string of the molecule is NC(CC=C(Br)Br)c1cccc(Cl)c1Cl. The summed E-state index contributed by atoms with van der Waals surface area (Å²) in [4.78, 5) is 0. The molecule has 0 radical (unpaired) electrons. The van der Waals surface area contributed by atoms with Gasteiger partial charge in [0.05, 0.1) is 13.4 Å². The summed E-state index contributed by atoms with van der Waals surface area (Å²) in [5.41, 5.74) is 6.85. The zero-order valence-corrected chi connectivity index (χ0v) is 12.4. The highest BCUT2D eigenvalue weighted by atomic mass is 79.9. The second-order valence-corrected chi connectivity index (χ2v) is 6.54. The van der Waals surface area contributed by atoms with Gasteiger partial charge in [0.15, 0.2) is 0 Å². The molecule has 1 aromatic rings. The van der Waals surface area contributed by atoms with Gasteiger partial charge in [-0.05, 0) is 49.9 Å². The van der Waals surface area contributed by atoms with Gasteiger partial charge >= 0.3 is 0 Å². The molecule has 0 fully saturated rings. The van der Waals surface area contributed by atoms with Crippen LogP contribution in [-0.2, 0) is 0 Å². The zero-order chi connectivity index (χ0) is 11.4. The van der Waals surface area contributed by atoms with E-state index < -0.39 is 0 Å². The second kappa shape index (κ2) is 6.26. The molecule has 0 saturated carbocycles. The largest absolute Gasteiger partial charge is 0.324 e. The average Bonchev–Trinajstić information content (AvgIpc) is 2.18. The maximum atomic E-state index is 6.05. The number of nitrogens with two attached hydrogens (primary N) is 1. The van der Waals surface area contributed by atoms with E-state index in [4.69, 9.17) is 28.9 Å². The van der Waals surface area contributed by atoms with E-state index in [1.807, 2.05) is 18.2 Å². The third-order valence-corrected chi connectivity index (χ3v) is 3.39. The Bertz CT molecular complexity index is 376. The fraction of sp³-hybridized carbons (Fsp3) is 0.200. The summed E-state index contributed by atoms with van der Waals surface area (Å²) in [5.74, 6) is 0. The molecular formula is C10H9Br2Cl2N. The minimum absolute atomic E-state index is 0.152. The first-order valence-electron chi connectivity index (χ1n) is 4.23. The van der Waals surface area contributed by atoms with Gasteiger partial charge in [-0.25, -0.2) is 0 Å². The average molecular weight is 374 g/mol. The maximum absolute atomic E-state index is 6.05. The predicted molar refractivity (Wildman–Crippen MR) is 73.9 cm³/mol. The second-order valence-electron chi connectivity index (χ2n) is 2.98. The molecular weight excluding hydrogens is 365 g/mol. The number of hydrogen-bond donors (Lipinski definition) is 1. The first-order valence-corrected chi connectivity index (χ1v) is 6.57. The maximum Gasteiger partial charge on any atom is 0.0640 e. The van der Waals surface area contributed by atoms with Crippen LogP contribution in [0.15, 0.2) is 27.7 Å². The highest BCUT2D eigenvalue weighted by Crippen LogP contribution is 2.30. The van der Waals surface area contributed by atoms with E-state index in [2.05, 4.69) is 31.9 Å². The minimum Gasteiger partial charge on any atom is -0.324 e. The lowest BCUT2D eigenvalue weighted by molar-refractivity contribution is 0.741. The molecule has 0 aliphatic carbocycles. The number of benzene rings is 1. The van der Waals surface area contributed by atoms with E-state index in [1.165, 1.54) is 0 Å². The molecule has 0 bridgehead atoms. The van der Waals surface area contributed by atoms with Crippen LogP contribution in [0.25, 0.3) is 0 Å². The first kappa shape index (κ1) is 13.5. The summed E-state index contributed by atoms with van der Waals surface area (Å²) in [6.45, 7) is 0. The Labute approximate surface area is 116 Å². The van der Waals surface area contributed by atoms with Gasteiger partial charge in [0.2, 0.25) is 0 Å². The van der Waals surface area contributed by atoms with Crippen LogP contribution in [0.1, 0.15) is 18.0 Å². The Hall–Kier alpha value is 0.460. The van der Waals surface area contributed by atoms with Gasteiger partial charge in [-0.3, -0.25) is 0 Å². The van der Waals surface area contributed by atoms with E-state index in [0.717, 1.165) is 8.96 Å². The van der Waals surface area contributed by atoms with Crippen LogP contribution in [0.5, 0.6) is 0 Å². The summed E-state index contributed by atoms with van der Waals surface area (Å²) < 4.78 is 0.878. The molecule has 0 aliphatic heterocycles. The van der Waals surface area contributed by atoms with Gasteiger partial charge in [-0.15, -0.1) is 0 Å². The minimum atomic E-state index is -0.152. The van der Waals surface area contributed by atoms with Crippen molar-refractivity contribution < 1.29 is 0 Å². The molecule has 1 aromatic carbocycles. The molecule has 5 heteroatoms. The lowest BCUT2D eigenvalue weighted by Crippen LogP contribution is -2.09. The molecule has 0 amide bonds. The van der Waals surface area contributed by atoms with Gasteiger partial charge in [0.25, 0.3) is 0 Å². The topological polar surface area (TPSA) is 26.0 Å². The molecule has 0 spiro atoms. The van der Waals surface area contributed by atoms with Gasteiger partial charge in [0.1, 0.15) is 0 Å². The van der Waals surface area contributed by atoms with Crippen LogP contribution < -0.4 is 5.73 Å². The number of hydrogen-bond acceptors (Lipinski definition) is 1. The van der Waals surface area contributed by atoms with E-state index in [0.29, 0.717) is 16.5 Å². The number of rotatable bonds is 3. The molecule has 15 heavy (non-hydrogen) atoms. The predicted octanol–water partition coefficient (Wildman–Crippen LogP) is 5.01. The fourth-order valence-corrected chi connectivity index (χ4v) is 1.97. The van der Waals surface area contributed by atoms with Crippen molar-refractivity contribution in [2.75, 3.05) is 0 Å². The van der Waals surface area contributed by atoms with Crippen molar-refractivity contribution in [1.29, 1.82) is 0 Å². The first-order chi connectivity index (χ1) is 7.02. The molecule has 0 saturated heterocycles. The Morgan fingerprint density at radius 3 is 2.67 bits per heavy atom. The van der Waals surface area contributed by atoms with Gasteiger partial charge in [-0.2, -0.15) is 0 Å². The molecule has 1 rings (SSSR count). The Kier molecular flexibility index (Phi) is 5.64. The Balaban J connectivity index is 2.87. The quantitative estimate of drug-likeness (QED) is 0.791. The molecule has 82 valence electrons. The van der Waals surface area contributed by atoms with Crippen molar-refractivity contribution in [3.63, 3.8) is 0 Å². The lowest BCUT2D eigenvalue weighted by Gasteiger charge is -2.12. The van der Waals surface area contributed by atoms with Crippen LogP contribution >= 0.6 is 55.1 Å². The van der Waals surface area contributed by atoms with E-state index >= 15 is 0 Å². The lowest BCUT2D eigenvalue weighted by atomic mass is 10.1. The van der Waals surface area contributed by atoms with Crippen molar-refractivity contribution in [1.82, 2.24) is 0 Å². The molecule has 2 N–H and O–H groups in total. The molecule has 0 heterocycles. The van der Waals surface area contributed by atoms with Crippen LogP contribution in [0.4, 0.5) is 0 Å². The molecule has 0 aliphatic rings. The van der Waals surface area contributed by atoms with E-state index in [9.17, 15) is 0 Å². The van der Waals surface area contributed by atoms with E-state index in [-0.39, 0.29) is 6.04 Å².